The molecule has 1 aliphatic heterocycles. The lowest BCUT2D eigenvalue weighted by molar-refractivity contribution is 0.00695. The molecule has 1 saturated heterocycles. The first-order valence-corrected chi connectivity index (χ1v) is 9.73. The SMILES string of the molecule is CC(C)(C)OC(=O)c1cccc(N[C@@]2(c3nc(-c4ccncn4)n[nH]3)CCOC2)c1. The maximum absolute atomic E-state index is 12.4. The van der Waals surface area contributed by atoms with Gasteiger partial charge in [-0.05, 0) is 45.0 Å². The van der Waals surface area contributed by atoms with Gasteiger partial charge in [-0.1, -0.05) is 6.07 Å². The Morgan fingerprint density at radius 3 is 2.87 bits per heavy atom. The van der Waals surface area contributed by atoms with Gasteiger partial charge in [0.15, 0.2) is 11.6 Å². The van der Waals surface area contributed by atoms with Gasteiger partial charge in [-0.15, -0.1) is 0 Å². The van der Waals surface area contributed by atoms with Gasteiger partial charge in [0.1, 0.15) is 23.2 Å². The molecular weight excluding hydrogens is 384 g/mol. The van der Waals surface area contributed by atoms with Crippen LogP contribution in [0, 0.1) is 0 Å². The van der Waals surface area contributed by atoms with Crippen molar-refractivity contribution >= 4 is 11.7 Å². The molecule has 0 aliphatic carbocycles. The van der Waals surface area contributed by atoms with Gasteiger partial charge in [0.05, 0.1) is 12.2 Å². The first kappa shape index (κ1) is 20.0. The van der Waals surface area contributed by atoms with E-state index < -0.39 is 11.1 Å². The molecule has 0 amide bonds. The zero-order valence-electron chi connectivity index (χ0n) is 17.2. The second-order valence-electron chi connectivity index (χ2n) is 8.19. The highest BCUT2D eigenvalue weighted by atomic mass is 16.6. The van der Waals surface area contributed by atoms with Crippen LogP contribution in [0.4, 0.5) is 5.69 Å². The number of esters is 1. The normalized spacial score (nSPS) is 18.9. The van der Waals surface area contributed by atoms with E-state index in [4.69, 9.17) is 9.47 Å². The Morgan fingerprint density at radius 1 is 1.30 bits per heavy atom. The number of aromatic amines is 1. The van der Waals surface area contributed by atoms with Crippen molar-refractivity contribution in [3.8, 4) is 11.5 Å². The molecule has 0 bridgehead atoms. The van der Waals surface area contributed by atoms with E-state index in [1.54, 1.807) is 24.4 Å². The monoisotopic (exact) mass is 408 g/mol. The molecule has 0 radical (unpaired) electrons. The summed E-state index contributed by atoms with van der Waals surface area (Å²) in [4.78, 5) is 25.2. The molecule has 30 heavy (non-hydrogen) atoms. The number of carbonyl (C=O) groups is 1. The average Bonchev–Trinajstić information content (AvgIpc) is 3.38. The minimum atomic E-state index is -0.592. The van der Waals surface area contributed by atoms with E-state index in [0.717, 1.165) is 5.69 Å². The van der Waals surface area contributed by atoms with Crippen LogP contribution in [0.3, 0.4) is 0 Å². The molecule has 1 fully saturated rings. The number of rotatable bonds is 5. The molecule has 3 heterocycles. The molecule has 9 nitrogen and oxygen atoms in total. The molecule has 2 aromatic heterocycles. The quantitative estimate of drug-likeness (QED) is 0.619. The van der Waals surface area contributed by atoms with Gasteiger partial charge in [0.2, 0.25) is 0 Å². The van der Waals surface area contributed by atoms with E-state index in [1.165, 1.54) is 6.33 Å². The maximum atomic E-state index is 12.4. The number of H-pyrrole nitrogens is 1. The summed E-state index contributed by atoms with van der Waals surface area (Å²) in [5, 5.41) is 10.8. The number of nitrogens with zero attached hydrogens (tertiary/aromatic N) is 4. The Bertz CT molecular complexity index is 1020. The van der Waals surface area contributed by atoms with E-state index in [9.17, 15) is 4.79 Å². The van der Waals surface area contributed by atoms with Gasteiger partial charge in [0, 0.05) is 24.9 Å². The van der Waals surface area contributed by atoms with Crippen molar-refractivity contribution in [3.05, 3.63) is 54.2 Å². The minimum Gasteiger partial charge on any atom is -0.456 e. The molecular formula is C21H24N6O3. The molecule has 0 unspecified atom stereocenters. The maximum Gasteiger partial charge on any atom is 0.338 e. The first-order chi connectivity index (χ1) is 14.3. The van der Waals surface area contributed by atoms with E-state index >= 15 is 0 Å². The van der Waals surface area contributed by atoms with Crippen molar-refractivity contribution < 1.29 is 14.3 Å². The minimum absolute atomic E-state index is 0.367. The number of hydrogen-bond donors (Lipinski definition) is 2. The zero-order valence-corrected chi connectivity index (χ0v) is 17.2. The van der Waals surface area contributed by atoms with Crippen LogP contribution in [0.15, 0.2) is 42.9 Å². The highest BCUT2D eigenvalue weighted by Gasteiger charge is 2.40. The molecule has 9 heteroatoms. The standard InChI is InChI=1S/C21H24N6O3/c1-20(2,3)30-18(28)14-5-4-6-15(11-14)25-21(8-10-29-12-21)19-24-17(26-27-19)16-7-9-22-13-23-16/h4-7,9,11,13,25H,8,10,12H2,1-3H3,(H,24,26,27)/t21-/m0/s1. The fourth-order valence-corrected chi connectivity index (χ4v) is 3.26. The molecule has 1 atom stereocenters. The van der Waals surface area contributed by atoms with Crippen molar-refractivity contribution in [3.63, 3.8) is 0 Å². The molecule has 1 aliphatic rings. The molecule has 0 spiro atoms. The fraction of sp³-hybridized carbons (Fsp3) is 0.381. The smallest absolute Gasteiger partial charge is 0.338 e. The molecule has 2 N–H and O–H groups in total. The Hall–Kier alpha value is -3.33. The number of carbonyl (C=O) groups excluding carboxylic acids is 1. The van der Waals surface area contributed by atoms with Gasteiger partial charge in [-0.3, -0.25) is 5.10 Å². The lowest BCUT2D eigenvalue weighted by Gasteiger charge is -2.27. The first-order valence-electron chi connectivity index (χ1n) is 9.73. The summed E-state index contributed by atoms with van der Waals surface area (Å²) < 4.78 is 11.2. The van der Waals surface area contributed by atoms with Crippen molar-refractivity contribution in [1.29, 1.82) is 0 Å². The van der Waals surface area contributed by atoms with Crippen LogP contribution in [0.25, 0.3) is 11.5 Å². The molecule has 4 rings (SSSR count). The second-order valence-corrected chi connectivity index (χ2v) is 8.19. The Kier molecular flexibility index (Phi) is 5.21. The van der Waals surface area contributed by atoms with Gasteiger partial charge in [-0.25, -0.2) is 19.7 Å². The van der Waals surface area contributed by atoms with E-state index in [2.05, 4.69) is 30.5 Å². The van der Waals surface area contributed by atoms with Crippen LogP contribution in [0.2, 0.25) is 0 Å². The van der Waals surface area contributed by atoms with E-state index in [0.29, 0.717) is 42.5 Å². The van der Waals surface area contributed by atoms with Crippen LogP contribution >= 0.6 is 0 Å². The number of ether oxygens (including phenoxy) is 2. The average molecular weight is 408 g/mol. The summed E-state index contributed by atoms with van der Waals surface area (Å²) in [5.41, 5.74) is 0.726. The Labute approximate surface area is 174 Å². The molecule has 0 saturated carbocycles. The third-order valence-corrected chi connectivity index (χ3v) is 4.65. The number of nitrogens with one attached hydrogen (secondary N) is 2. The van der Waals surface area contributed by atoms with Crippen molar-refractivity contribution in [2.24, 2.45) is 0 Å². The summed E-state index contributed by atoms with van der Waals surface area (Å²) in [5.74, 6) is 0.771. The highest BCUT2D eigenvalue weighted by Crippen LogP contribution is 2.33. The van der Waals surface area contributed by atoms with Crippen LogP contribution in [0.5, 0.6) is 0 Å². The predicted octanol–water partition coefficient (Wildman–Crippen LogP) is 2.94. The Morgan fingerprint density at radius 2 is 2.17 bits per heavy atom. The number of hydrogen-bond acceptors (Lipinski definition) is 8. The van der Waals surface area contributed by atoms with Crippen LogP contribution in [-0.4, -0.2) is 49.9 Å². The topological polar surface area (TPSA) is 115 Å². The van der Waals surface area contributed by atoms with Crippen LogP contribution in [0.1, 0.15) is 43.4 Å². The van der Waals surface area contributed by atoms with Crippen LogP contribution in [-0.2, 0) is 15.0 Å². The van der Waals surface area contributed by atoms with Gasteiger partial charge < -0.3 is 14.8 Å². The summed E-state index contributed by atoms with van der Waals surface area (Å²) in [6.45, 7) is 6.54. The zero-order chi connectivity index (χ0) is 21.2. The number of aromatic nitrogens is 5. The number of anilines is 1. The van der Waals surface area contributed by atoms with Gasteiger partial charge in [0.25, 0.3) is 0 Å². The predicted molar refractivity (Wildman–Crippen MR) is 110 cm³/mol. The van der Waals surface area contributed by atoms with E-state index in [-0.39, 0.29) is 5.97 Å². The van der Waals surface area contributed by atoms with Crippen molar-refractivity contribution in [2.45, 2.75) is 38.3 Å². The number of benzene rings is 1. The van der Waals surface area contributed by atoms with Gasteiger partial charge in [-0.2, -0.15) is 5.10 Å². The summed E-state index contributed by atoms with van der Waals surface area (Å²) >= 11 is 0. The van der Waals surface area contributed by atoms with Crippen molar-refractivity contribution in [1.82, 2.24) is 25.1 Å². The van der Waals surface area contributed by atoms with Crippen molar-refractivity contribution in [2.75, 3.05) is 18.5 Å². The lowest BCUT2D eigenvalue weighted by Crippen LogP contribution is -2.37. The summed E-state index contributed by atoms with van der Waals surface area (Å²) in [6, 6.07) is 8.98. The van der Waals surface area contributed by atoms with Crippen LogP contribution < -0.4 is 5.32 Å². The molecule has 3 aromatic rings. The third-order valence-electron chi connectivity index (χ3n) is 4.65. The third kappa shape index (κ3) is 4.30. The van der Waals surface area contributed by atoms with E-state index in [1.807, 2.05) is 32.9 Å². The second kappa shape index (κ2) is 7.83. The highest BCUT2D eigenvalue weighted by molar-refractivity contribution is 5.90. The molecule has 156 valence electrons. The summed E-state index contributed by atoms with van der Waals surface area (Å²) in [6.07, 6.45) is 3.80. The molecule has 1 aromatic carbocycles. The Balaban J connectivity index is 1.60. The lowest BCUT2D eigenvalue weighted by atomic mass is 9.97. The largest absolute Gasteiger partial charge is 0.456 e. The summed E-state index contributed by atoms with van der Waals surface area (Å²) in [7, 11) is 0. The van der Waals surface area contributed by atoms with Gasteiger partial charge >= 0.3 is 5.97 Å². The fourth-order valence-electron chi connectivity index (χ4n) is 3.26.